The average molecular weight is 413 g/mol. The highest BCUT2D eigenvalue weighted by Crippen LogP contribution is 2.36. The molecule has 0 aliphatic carbocycles. The number of sulfone groups is 1. The minimum absolute atomic E-state index is 0.00825. The van der Waals surface area contributed by atoms with Gasteiger partial charge in [-0.3, -0.25) is 4.79 Å². The third-order valence-electron chi connectivity index (χ3n) is 6.04. The normalized spacial score (nSPS) is 23.9. The lowest BCUT2D eigenvalue weighted by Gasteiger charge is -2.45. The molecule has 6 heteroatoms. The minimum Gasteiger partial charge on any atom is -0.356 e. The number of amides is 1. The number of nitrogens with zero attached hydrogens (tertiary/aromatic N) is 2. The molecule has 2 aliphatic heterocycles. The summed E-state index contributed by atoms with van der Waals surface area (Å²) in [7, 11) is -3.21. The fourth-order valence-corrected chi connectivity index (χ4v) is 6.41. The van der Waals surface area contributed by atoms with E-state index in [4.69, 9.17) is 0 Å². The molecule has 4 rings (SSSR count). The van der Waals surface area contributed by atoms with Crippen LogP contribution in [0.2, 0.25) is 0 Å². The van der Waals surface area contributed by atoms with Gasteiger partial charge in [-0.05, 0) is 41.7 Å². The Balaban J connectivity index is 1.73. The number of aryl methyl sites for hydroxylation is 1. The summed E-state index contributed by atoms with van der Waals surface area (Å²) in [6.45, 7) is 8.61. The number of rotatable bonds is 2. The van der Waals surface area contributed by atoms with Crippen LogP contribution in [0.5, 0.6) is 0 Å². The first-order chi connectivity index (χ1) is 13.6. The Labute approximate surface area is 173 Å². The molecule has 5 nitrogen and oxygen atoms in total. The van der Waals surface area contributed by atoms with Crippen molar-refractivity contribution in [2.45, 2.75) is 45.2 Å². The Bertz CT molecular complexity index is 1040. The van der Waals surface area contributed by atoms with Crippen LogP contribution < -0.4 is 9.80 Å². The molecule has 0 radical (unpaired) electrons. The first-order valence-corrected chi connectivity index (χ1v) is 11.8. The first-order valence-electron chi connectivity index (χ1n) is 10.0. The summed E-state index contributed by atoms with van der Waals surface area (Å²) in [5.41, 5.74) is 3.95. The van der Waals surface area contributed by atoms with E-state index in [-0.39, 0.29) is 41.5 Å². The average Bonchev–Trinajstić information content (AvgIpc) is 2.96. The van der Waals surface area contributed by atoms with E-state index >= 15 is 0 Å². The molecule has 2 aromatic carbocycles. The third-order valence-corrected chi connectivity index (χ3v) is 7.74. The number of fused-ring (bicyclic) bond motifs is 1. The number of hydrogen-bond acceptors (Lipinski definition) is 4. The van der Waals surface area contributed by atoms with Crippen molar-refractivity contribution in [3.63, 3.8) is 0 Å². The summed E-state index contributed by atoms with van der Waals surface area (Å²) in [5, 5.41) is 0. The SMILES string of the molecule is Cc1ccccc1N1C(=O)CN(c2ccc(C(C)(C)C)cc2)C2CS(=O)(=O)CC21. The smallest absolute Gasteiger partial charge is 0.246 e. The minimum atomic E-state index is -3.21. The van der Waals surface area contributed by atoms with Crippen molar-refractivity contribution in [2.24, 2.45) is 0 Å². The van der Waals surface area contributed by atoms with E-state index in [0.717, 1.165) is 16.9 Å². The van der Waals surface area contributed by atoms with Gasteiger partial charge >= 0.3 is 0 Å². The molecule has 2 atom stereocenters. The van der Waals surface area contributed by atoms with E-state index in [9.17, 15) is 13.2 Å². The van der Waals surface area contributed by atoms with Gasteiger partial charge in [-0.1, -0.05) is 51.1 Å². The van der Waals surface area contributed by atoms with E-state index in [1.807, 2.05) is 48.2 Å². The lowest BCUT2D eigenvalue weighted by Crippen LogP contribution is -2.62. The van der Waals surface area contributed by atoms with Crippen LogP contribution in [0, 0.1) is 6.92 Å². The van der Waals surface area contributed by atoms with Gasteiger partial charge in [0.15, 0.2) is 9.84 Å². The fraction of sp³-hybridized carbons (Fsp3) is 0.435. The maximum Gasteiger partial charge on any atom is 0.246 e. The van der Waals surface area contributed by atoms with E-state index in [1.165, 1.54) is 5.56 Å². The molecule has 154 valence electrons. The molecule has 0 saturated carbocycles. The van der Waals surface area contributed by atoms with Gasteiger partial charge < -0.3 is 9.80 Å². The molecule has 0 aromatic heterocycles. The maximum absolute atomic E-state index is 13.2. The number of benzene rings is 2. The van der Waals surface area contributed by atoms with Gasteiger partial charge in [-0.2, -0.15) is 0 Å². The van der Waals surface area contributed by atoms with Crippen molar-refractivity contribution < 1.29 is 13.2 Å². The Morgan fingerprint density at radius 1 is 0.931 bits per heavy atom. The number of anilines is 2. The van der Waals surface area contributed by atoms with Crippen molar-refractivity contribution in [1.29, 1.82) is 0 Å². The molecule has 0 N–H and O–H groups in total. The summed E-state index contributed by atoms with van der Waals surface area (Å²) in [5.74, 6) is 0.0282. The van der Waals surface area contributed by atoms with Gasteiger partial charge in [0.1, 0.15) is 0 Å². The monoisotopic (exact) mass is 412 g/mol. The molecular weight excluding hydrogens is 384 g/mol. The van der Waals surface area contributed by atoms with E-state index < -0.39 is 9.84 Å². The van der Waals surface area contributed by atoms with Gasteiger partial charge in [0.2, 0.25) is 5.91 Å². The lowest BCUT2D eigenvalue weighted by atomic mass is 9.87. The molecule has 1 amide bonds. The molecule has 0 bridgehead atoms. The van der Waals surface area contributed by atoms with E-state index in [1.54, 1.807) is 4.90 Å². The number of hydrogen-bond donors (Lipinski definition) is 0. The first kappa shape index (κ1) is 20.0. The van der Waals surface area contributed by atoms with Crippen molar-refractivity contribution >= 4 is 27.1 Å². The molecule has 2 heterocycles. The predicted octanol–water partition coefficient (Wildman–Crippen LogP) is 3.31. The van der Waals surface area contributed by atoms with Crippen molar-refractivity contribution in [2.75, 3.05) is 27.9 Å². The second-order valence-electron chi connectivity index (χ2n) is 9.19. The molecule has 29 heavy (non-hydrogen) atoms. The highest BCUT2D eigenvalue weighted by molar-refractivity contribution is 7.91. The van der Waals surface area contributed by atoms with Crippen molar-refractivity contribution in [3.8, 4) is 0 Å². The topological polar surface area (TPSA) is 57.7 Å². The van der Waals surface area contributed by atoms with Gasteiger partial charge in [-0.25, -0.2) is 8.42 Å². The number of carbonyl (C=O) groups excluding carboxylic acids is 1. The van der Waals surface area contributed by atoms with Crippen LogP contribution in [0.3, 0.4) is 0 Å². The Hall–Kier alpha value is -2.34. The van der Waals surface area contributed by atoms with E-state index in [0.29, 0.717) is 0 Å². The van der Waals surface area contributed by atoms with Crippen LogP contribution >= 0.6 is 0 Å². The Kier molecular flexibility index (Phi) is 4.73. The van der Waals surface area contributed by atoms with Gasteiger partial charge in [-0.15, -0.1) is 0 Å². The number of piperazine rings is 1. The quantitative estimate of drug-likeness (QED) is 0.759. The predicted molar refractivity (Wildman–Crippen MR) is 117 cm³/mol. The zero-order valence-electron chi connectivity index (χ0n) is 17.4. The van der Waals surface area contributed by atoms with Crippen LogP contribution in [0.15, 0.2) is 48.5 Å². The Morgan fingerprint density at radius 2 is 1.55 bits per heavy atom. The van der Waals surface area contributed by atoms with Crippen LogP contribution in [0.4, 0.5) is 11.4 Å². The summed E-state index contributed by atoms with van der Waals surface area (Å²) in [4.78, 5) is 16.9. The second-order valence-corrected chi connectivity index (χ2v) is 11.3. The van der Waals surface area contributed by atoms with Crippen LogP contribution in [-0.4, -0.2) is 44.5 Å². The standard InChI is InChI=1S/C23H28N2O3S/c1-16-7-5-6-8-19(16)25-21-15-29(27,28)14-20(21)24(13-22(25)26)18-11-9-17(10-12-18)23(2,3)4/h5-12,20-21H,13-15H2,1-4H3. The van der Waals surface area contributed by atoms with Gasteiger partial charge in [0, 0.05) is 11.4 Å². The molecule has 2 saturated heterocycles. The largest absolute Gasteiger partial charge is 0.356 e. The van der Waals surface area contributed by atoms with Gasteiger partial charge in [0.25, 0.3) is 0 Å². The van der Waals surface area contributed by atoms with Crippen LogP contribution in [-0.2, 0) is 20.0 Å². The fourth-order valence-electron chi connectivity index (χ4n) is 4.46. The molecular formula is C23H28N2O3S. The second kappa shape index (κ2) is 6.87. The van der Waals surface area contributed by atoms with E-state index in [2.05, 4.69) is 32.9 Å². The Morgan fingerprint density at radius 3 is 2.17 bits per heavy atom. The highest BCUT2D eigenvalue weighted by atomic mass is 32.2. The lowest BCUT2D eigenvalue weighted by molar-refractivity contribution is -0.118. The number of carbonyl (C=O) groups is 1. The molecule has 2 unspecified atom stereocenters. The summed E-state index contributed by atoms with van der Waals surface area (Å²) in [6, 6.07) is 15.3. The summed E-state index contributed by atoms with van der Waals surface area (Å²) >= 11 is 0. The van der Waals surface area contributed by atoms with Crippen LogP contribution in [0.1, 0.15) is 31.9 Å². The van der Waals surface area contributed by atoms with Gasteiger partial charge in [0.05, 0.1) is 30.1 Å². The molecule has 2 fully saturated rings. The van der Waals surface area contributed by atoms with Crippen molar-refractivity contribution in [3.05, 3.63) is 59.7 Å². The zero-order chi connectivity index (χ0) is 21.0. The summed E-state index contributed by atoms with van der Waals surface area (Å²) < 4.78 is 25.1. The van der Waals surface area contributed by atoms with Crippen LogP contribution in [0.25, 0.3) is 0 Å². The molecule has 2 aromatic rings. The summed E-state index contributed by atoms with van der Waals surface area (Å²) in [6.07, 6.45) is 0. The maximum atomic E-state index is 13.2. The molecule has 0 spiro atoms. The highest BCUT2D eigenvalue weighted by Gasteiger charge is 2.50. The third kappa shape index (κ3) is 3.66. The van der Waals surface area contributed by atoms with Crippen molar-refractivity contribution in [1.82, 2.24) is 0 Å². The zero-order valence-corrected chi connectivity index (χ0v) is 18.2. The number of para-hydroxylation sites is 1. The molecule has 2 aliphatic rings.